The summed E-state index contributed by atoms with van der Waals surface area (Å²) in [5, 5.41) is 12.4. The molecule has 1 aliphatic rings. The summed E-state index contributed by atoms with van der Waals surface area (Å²) in [5.41, 5.74) is 2.29. The Kier molecular flexibility index (Phi) is 5.96. The highest BCUT2D eigenvalue weighted by Gasteiger charge is 2.37. The molecule has 30 heavy (non-hydrogen) atoms. The van der Waals surface area contributed by atoms with Crippen LogP contribution in [0.2, 0.25) is 0 Å². The van der Waals surface area contributed by atoms with Crippen LogP contribution < -0.4 is 14.4 Å². The molecule has 0 unspecified atom stereocenters. The number of hydrogen-bond acceptors (Lipinski definition) is 4. The summed E-state index contributed by atoms with van der Waals surface area (Å²) >= 11 is 0. The van der Waals surface area contributed by atoms with Gasteiger partial charge in [0.05, 0.1) is 14.2 Å². The van der Waals surface area contributed by atoms with E-state index >= 15 is 0 Å². The van der Waals surface area contributed by atoms with E-state index in [0.29, 0.717) is 0 Å². The fourth-order valence-electron chi connectivity index (χ4n) is 4.33. The van der Waals surface area contributed by atoms with E-state index < -0.39 is 5.60 Å². The number of piperidine rings is 1. The van der Waals surface area contributed by atoms with Crippen LogP contribution in [0.25, 0.3) is 0 Å². The van der Waals surface area contributed by atoms with Crippen molar-refractivity contribution in [3.63, 3.8) is 0 Å². The number of para-hydroxylation sites is 1. The summed E-state index contributed by atoms with van der Waals surface area (Å²) in [6.07, 6.45) is 3.62. The molecule has 1 N–H and O–H groups in total. The second kappa shape index (κ2) is 8.80. The summed E-state index contributed by atoms with van der Waals surface area (Å²) in [5.74, 6) is 1.53. The molecule has 0 aliphatic carbocycles. The van der Waals surface area contributed by atoms with Crippen LogP contribution >= 0.6 is 0 Å². The van der Waals surface area contributed by atoms with Gasteiger partial charge in [-0.2, -0.15) is 0 Å². The van der Waals surface area contributed by atoms with Gasteiger partial charge >= 0.3 is 0 Å². The van der Waals surface area contributed by atoms with E-state index in [2.05, 4.69) is 17.0 Å². The molecule has 0 spiro atoms. The standard InChI is InChI=1S/C26H29NO3/c1-29-22-14-10-20(11-15-22)26(28,21-12-16-23(30-2)17-13-21)24-8-4-5-9-25(24)27-18-6-3-7-19-27/h4-5,8-17,28H,3,6-7,18-19H2,1-2H3. The average molecular weight is 404 g/mol. The Morgan fingerprint density at radius 3 is 1.70 bits per heavy atom. The molecule has 4 heteroatoms. The van der Waals surface area contributed by atoms with Crippen molar-refractivity contribution in [2.24, 2.45) is 0 Å². The van der Waals surface area contributed by atoms with Gasteiger partial charge in [-0.05, 0) is 60.7 Å². The van der Waals surface area contributed by atoms with Gasteiger partial charge in [0, 0.05) is 24.3 Å². The Bertz CT molecular complexity index is 913. The first-order valence-electron chi connectivity index (χ1n) is 10.5. The first kappa shape index (κ1) is 20.3. The largest absolute Gasteiger partial charge is 0.497 e. The van der Waals surface area contributed by atoms with Gasteiger partial charge in [0.15, 0.2) is 0 Å². The number of rotatable bonds is 6. The molecular weight excluding hydrogens is 374 g/mol. The molecule has 1 saturated heterocycles. The Labute approximate surface area is 178 Å². The van der Waals surface area contributed by atoms with Gasteiger partial charge in [-0.1, -0.05) is 42.5 Å². The number of ether oxygens (including phenoxy) is 2. The molecule has 0 radical (unpaired) electrons. The molecule has 1 heterocycles. The van der Waals surface area contributed by atoms with Crippen molar-refractivity contribution in [3.8, 4) is 11.5 Å². The number of nitrogens with zero attached hydrogens (tertiary/aromatic N) is 1. The Morgan fingerprint density at radius 2 is 1.20 bits per heavy atom. The number of anilines is 1. The topological polar surface area (TPSA) is 41.9 Å². The van der Waals surface area contributed by atoms with Crippen LogP contribution in [-0.4, -0.2) is 32.4 Å². The SMILES string of the molecule is COc1ccc(C(O)(c2ccc(OC)cc2)c2ccccc2N2CCCCC2)cc1. The summed E-state index contributed by atoms with van der Waals surface area (Å²) in [7, 11) is 3.30. The van der Waals surface area contributed by atoms with E-state index in [4.69, 9.17) is 9.47 Å². The molecule has 156 valence electrons. The van der Waals surface area contributed by atoms with E-state index in [1.807, 2.05) is 60.7 Å². The predicted octanol–water partition coefficient (Wildman–Crippen LogP) is 4.98. The monoisotopic (exact) mass is 403 g/mol. The number of benzene rings is 3. The lowest BCUT2D eigenvalue weighted by atomic mass is 9.79. The fraction of sp³-hybridized carbons (Fsp3) is 0.308. The molecule has 4 rings (SSSR count). The second-order valence-electron chi connectivity index (χ2n) is 7.73. The van der Waals surface area contributed by atoms with Gasteiger partial charge < -0.3 is 19.5 Å². The van der Waals surface area contributed by atoms with E-state index in [-0.39, 0.29) is 0 Å². The smallest absolute Gasteiger partial charge is 0.142 e. The van der Waals surface area contributed by atoms with Gasteiger partial charge in [0.1, 0.15) is 17.1 Å². The maximum absolute atomic E-state index is 12.4. The average Bonchev–Trinajstić information content (AvgIpc) is 2.84. The Morgan fingerprint density at radius 1 is 0.700 bits per heavy atom. The maximum atomic E-state index is 12.4. The number of hydrogen-bond donors (Lipinski definition) is 1. The Balaban J connectivity index is 1.89. The first-order valence-corrected chi connectivity index (χ1v) is 10.5. The molecule has 0 atom stereocenters. The summed E-state index contributed by atoms with van der Waals surface area (Å²) in [6, 6.07) is 23.6. The molecule has 0 aromatic heterocycles. The Hall–Kier alpha value is -2.98. The molecule has 3 aromatic carbocycles. The second-order valence-corrected chi connectivity index (χ2v) is 7.73. The molecule has 0 amide bonds. The van der Waals surface area contributed by atoms with E-state index in [0.717, 1.165) is 47.0 Å². The highest BCUT2D eigenvalue weighted by atomic mass is 16.5. The van der Waals surface area contributed by atoms with Crippen LogP contribution in [0, 0.1) is 0 Å². The van der Waals surface area contributed by atoms with E-state index in [1.54, 1.807) is 14.2 Å². The molecule has 4 nitrogen and oxygen atoms in total. The maximum Gasteiger partial charge on any atom is 0.142 e. The lowest BCUT2D eigenvalue weighted by molar-refractivity contribution is 0.126. The van der Waals surface area contributed by atoms with Crippen molar-refractivity contribution in [2.45, 2.75) is 24.9 Å². The lowest BCUT2D eigenvalue weighted by Crippen LogP contribution is -2.35. The molecule has 1 fully saturated rings. The zero-order chi connectivity index (χ0) is 21.0. The fourth-order valence-corrected chi connectivity index (χ4v) is 4.33. The number of aliphatic hydroxyl groups is 1. The third kappa shape index (κ3) is 3.75. The molecular formula is C26H29NO3. The van der Waals surface area contributed by atoms with Gasteiger partial charge in [-0.15, -0.1) is 0 Å². The summed E-state index contributed by atoms with van der Waals surface area (Å²) in [6.45, 7) is 2.02. The molecule has 0 saturated carbocycles. The van der Waals surface area contributed by atoms with E-state index in [1.165, 1.54) is 19.3 Å². The number of methoxy groups -OCH3 is 2. The van der Waals surface area contributed by atoms with Crippen molar-refractivity contribution >= 4 is 5.69 Å². The van der Waals surface area contributed by atoms with Crippen molar-refractivity contribution in [1.29, 1.82) is 0 Å². The van der Waals surface area contributed by atoms with Gasteiger partial charge in [0.2, 0.25) is 0 Å². The minimum atomic E-state index is -1.30. The first-order chi connectivity index (χ1) is 14.7. The van der Waals surface area contributed by atoms with Crippen LogP contribution in [0.3, 0.4) is 0 Å². The minimum absolute atomic E-state index is 0.764. The van der Waals surface area contributed by atoms with Crippen LogP contribution in [0.1, 0.15) is 36.0 Å². The van der Waals surface area contributed by atoms with Crippen molar-refractivity contribution in [1.82, 2.24) is 0 Å². The third-order valence-electron chi connectivity index (χ3n) is 6.01. The molecule has 1 aliphatic heterocycles. The van der Waals surface area contributed by atoms with Crippen LogP contribution in [-0.2, 0) is 5.60 Å². The van der Waals surface area contributed by atoms with Crippen LogP contribution in [0.5, 0.6) is 11.5 Å². The van der Waals surface area contributed by atoms with Gasteiger partial charge in [-0.25, -0.2) is 0 Å². The zero-order valence-electron chi connectivity index (χ0n) is 17.7. The highest BCUT2D eigenvalue weighted by molar-refractivity contribution is 5.63. The van der Waals surface area contributed by atoms with Crippen LogP contribution in [0.4, 0.5) is 5.69 Å². The predicted molar refractivity (Wildman–Crippen MR) is 121 cm³/mol. The van der Waals surface area contributed by atoms with Gasteiger partial charge in [0.25, 0.3) is 0 Å². The molecule has 0 bridgehead atoms. The zero-order valence-corrected chi connectivity index (χ0v) is 17.7. The van der Waals surface area contributed by atoms with Crippen LogP contribution in [0.15, 0.2) is 72.8 Å². The summed E-state index contributed by atoms with van der Waals surface area (Å²) in [4.78, 5) is 2.40. The van der Waals surface area contributed by atoms with Crippen molar-refractivity contribution < 1.29 is 14.6 Å². The third-order valence-corrected chi connectivity index (χ3v) is 6.01. The molecule has 3 aromatic rings. The van der Waals surface area contributed by atoms with E-state index in [9.17, 15) is 5.11 Å². The van der Waals surface area contributed by atoms with Gasteiger partial charge in [-0.3, -0.25) is 0 Å². The normalized spacial score (nSPS) is 14.4. The quantitative estimate of drug-likeness (QED) is 0.590. The minimum Gasteiger partial charge on any atom is -0.497 e. The van der Waals surface area contributed by atoms with Crippen molar-refractivity contribution in [3.05, 3.63) is 89.5 Å². The highest BCUT2D eigenvalue weighted by Crippen LogP contribution is 2.42. The lowest BCUT2D eigenvalue weighted by Gasteiger charge is -2.37. The summed E-state index contributed by atoms with van der Waals surface area (Å²) < 4.78 is 10.7. The van der Waals surface area contributed by atoms with Crippen molar-refractivity contribution in [2.75, 3.05) is 32.2 Å².